The molecule has 0 aromatic rings. The zero-order valence-electron chi connectivity index (χ0n) is 9.90. The Morgan fingerprint density at radius 1 is 1.13 bits per heavy atom. The van der Waals surface area contributed by atoms with Crippen molar-refractivity contribution in [2.24, 2.45) is 0 Å². The standard InChI is InChI=1S/C4H8O2.C2H6O2.C2H6O.C2H4/c1-3-6-4(2)5;3-1-2-4;1-2-3;1-2/h3H2,1-2H3;3-4H,1-2H2;3H,2H2,1H3;1-2H2. The molecule has 0 fully saturated rings. The van der Waals surface area contributed by atoms with Crippen LogP contribution in [-0.2, 0) is 9.53 Å². The maximum Gasteiger partial charge on any atom is 0.302 e. The van der Waals surface area contributed by atoms with Crippen LogP contribution >= 0.6 is 0 Å². The predicted molar refractivity (Wildman–Crippen MR) is 60.5 cm³/mol. The molecule has 0 atom stereocenters. The second-order valence-corrected chi connectivity index (χ2v) is 1.69. The van der Waals surface area contributed by atoms with Crippen molar-refractivity contribution >= 4 is 5.97 Å². The number of hydrogen-bond donors (Lipinski definition) is 3. The van der Waals surface area contributed by atoms with Gasteiger partial charge < -0.3 is 20.1 Å². The van der Waals surface area contributed by atoms with E-state index in [9.17, 15) is 4.79 Å². The lowest BCUT2D eigenvalue weighted by atomic mass is 10.8. The zero-order valence-corrected chi connectivity index (χ0v) is 9.90. The summed E-state index contributed by atoms with van der Waals surface area (Å²) in [6.45, 7) is 11.3. The normalized spacial score (nSPS) is 6.53. The van der Waals surface area contributed by atoms with Gasteiger partial charge in [-0.05, 0) is 13.8 Å². The highest BCUT2D eigenvalue weighted by Gasteiger charge is 1.81. The van der Waals surface area contributed by atoms with Gasteiger partial charge in [-0.3, -0.25) is 4.79 Å². The molecule has 0 aliphatic heterocycles. The number of rotatable bonds is 2. The van der Waals surface area contributed by atoms with Crippen molar-refractivity contribution in [2.45, 2.75) is 20.8 Å². The van der Waals surface area contributed by atoms with Crippen LogP contribution in [0.25, 0.3) is 0 Å². The van der Waals surface area contributed by atoms with Crippen molar-refractivity contribution in [3.8, 4) is 0 Å². The summed E-state index contributed by atoms with van der Waals surface area (Å²) >= 11 is 0. The number of hydrogen-bond acceptors (Lipinski definition) is 5. The van der Waals surface area contributed by atoms with E-state index in [4.69, 9.17) is 15.3 Å². The molecule has 5 nitrogen and oxygen atoms in total. The third-order valence-electron chi connectivity index (χ3n) is 0.448. The Hall–Kier alpha value is -0.910. The van der Waals surface area contributed by atoms with Gasteiger partial charge in [0.1, 0.15) is 0 Å². The van der Waals surface area contributed by atoms with Crippen LogP contribution in [0.15, 0.2) is 13.2 Å². The molecular weight excluding hydrogens is 200 g/mol. The Balaban J connectivity index is -0.0000000590. The topological polar surface area (TPSA) is 87.0 Å². The number of aliphatic hydroxyl groups excluding tert-OH is 3. The van der Waals surface area contributed by atoms with Crippen LogP contribution in [0.4, 0.5) is 0 Å². The summed E-state index contributed by atoms with van der Waals surface area (Å²) in [7, 11) is 0. The Bertz CT molecular complexity index is 93.8. The summed E-state index contributed by atoms with van der Waals surface area (Å²) in [6.07, 6.45) is 0. The van der Waals surface area contributed by atoms with Crippen LogP contribution in [0, 0.1) is 0 Å². The minimum Gasteiger partial charge on any atom is -0.466 e. The highest BCUT2D eigenvalue weighted by molar-refractivity contribution is 5.65. The Morgan fingerprint density at radius 2 is 1.40 bits per heavy atom. The molecule has 0 saturated heterocycles. The van der Waals surface area contributed by atoms with E-state index in [1.165, 1.54) is 6.92 Å². The average Bonchev–Trinajstić information content (AvgIpc) is 2.22. The van der Waals surface area contributed by atoms with Crippen molar-refractivity contribution in [1.29, 1.82) is 0 Å². The molecule has 0 aliphatic rings. The third-order valence-corrected chi connectivity index (χ3v) is 0.448. The molecule has 0 amide bonds. The van der Waals surface area contributed by atoms with E-state index in [1.54, 1.807) is 13.8 Å². The second-order valence-electron chi connectivity index (χ2n) is 1.69. The molecule has 0 heterocycles. The lowest BCUT2D eigenvalue weighted by Crippen LogP contribution is -1.95. The molecule has 0 saturated carbocycles. The molecule has 3 N–H and O–H groups in total. The van der Waals surface area contributed by atoms with E-state index >= 15 is 0 Å². The van der Waals surface area contributed by atoms with Gasteiger partial charge in [0, 0.05) is 13.5 Å². The number of carbonyl (C=O) groups excluding carboxylic acids is 1. The smallest absolute Gasteiger partial charge is 0.302 e. The lowest BCUT2D eigenvalue weighted by molar-refractivity contribution is -0.140. The van der Waals surface area contributed by atoms with Crippen LogP contribution < -0.4 is 0 Å². The first-order valence-corrected chi connectivity index (χ1v) is 4.56. The third kappa shape index (κ3) is 169. The van der Waals surface area contributed by atoms with Crippen molar-refractivity contribution in [2.75, 3.05) is 26.4 Å². The number of esters is 1. The van der Waals surface area contributed by atoms with Gasteiger partial charge in [0.25, 0.3) is 0 Å². The molecule has 94 valence electrons. The molecular formula is C10H24O5. The van der Waals surface area contributed by atoms with Gasteiger partial charge in [0.15, 0.2) is 0 Å². The zero-order chi connectivity index (χ0) is 13.1. The predicted octanol–water partition coefficient (Wildman–Crippen LogP) is 0.341. The SMILES string of the molecule is C=C.CCO.CCOC(C)=O.OCCO. The fourth-order valence-electron chi connectivity index (χ4n) is 0.203. The van der Waals surface area contributed by atoms with Gasteiger partial charge in [-0.15, -0.1) is 13.2 Å². The highest BCUT2D eigenvalue weighted by atomic mass is 16.5. The first-order chi connectivity index (χ1) is 7.10. The fraction of sp³-hybridized carbons (Fsp3) is 0.700. The van der Waals surface area contributed by atoms with Crippen LogP contribution in [0.3, 0.4) is 0 Å². The molecule has 5 heteroatoms. The maximum absolute atomic E-state index is 9.82. The summed E-state index contributed by atoms with van der Waals surface area (Å²) < 4.78 is 4.40. The minimum absolute atomic E-state index is 0.125. The van der Waals surface area contributed by atoms with Crippen LogP contribution in [0.1, 0.15) is 20.8 Å². The first-order valence-electron chi connectivity index (χ1n) is 4.56. The largest absolute Gasteiger partial charge is 0.466 e. The van der Waals surface area contributed by atoms with Crippen LogP contribution in [0.2, 0.25) is 0 Å². The van der Waals surface area contributed by atoms with Gasteiger partial charge in [-0.1, -0.05) is 0 Å². The fourth-order valence-corrected chi connectivity index (χ4v) is 0.203. The number of aliphatic hydroxyl groups is 3. The molecule has 0 aromatic heterocycles. The summed E-state index contributed by atoms with van der Waals surface area (Å²) in [4.78, 5) is 9.82. The first kappa shape index (κ1) is 23.7. The Labute approximate surface area is 92.0 Å². The minimum atomic E-state index is -0.211. The monoisotopic (exact) mass is 224 g/mol. The Kier molecular flexibility index (Phi) is 60.2. The molecule has 0 spiro atoms. The summed E-state index contributed by atoms with van der Waals surface area (Å²) in [5, 5.41) is 22.8. The van der Waals surface area contributed by atoms with Crippen LogP contribution in [-0.4, -0.2) is 47.7 Å². The van der Waals surface area contributed by atoms with E-state index in [1.807, 2.05) is 0 Å². The van der Waals surface area contributed by atoms with E-state index < -0.39 is 0 Å². The molecule has 0 radical (unpaired) electrons. The van der Waals surface area contributed by atoms with E-state index in [-0.39, 0.29) is 25.8 Å². The van der Waals surface area contributed by atoms with Gasteiger partial charge in [-0.25, -0.2) is 0 Å². The summed E-state index contributed by atoms with van der Waals surface area (Å²) in [5.74, 6) is -0.211. The molecule has 0 aromatic carbocycles. The second kappa shape index (κ2) is 38.1. The van der Waals surface area contributed by atoms with Gasteiger partial charge in [0.2, 0.25) is 0 Å². The van der Waals surface area contributed by atoms with E-state index in [2.05, 4.69) is 17.9 Å². The average molecular weight is 224 g/mol. The quantitative estimate of drug-likeness (QED) is 0.465. The molecule has 15 heavy (non-hydrogen) atoms. The summed E-state index contributed by atoms with van der Waals surface area (Å²) in [5.41, 5.74) is 0. The van der Waals surface area contributed by atoms with Gasteiger partial charge >= 0.3 is 5.97 Å². The molecule has 0 rings (SSSR count). The van der Waals surface area contributed by atoms with Gasteiger partial charge in [0.05, 0.1) is 19.8 Å². The van der Waals surface area contributed by atoms with E-state index in [0.29, 0.717) is 6.61 Å². The van der Waals surface area contributed by atoms with Gasteiger partial charge in [-0.2, -0.15) is 0 Å². The van der Waals surface area contributed by atoms with Crippen molar-refractivity contribution in [3.05, 3.63) is 13.2 Å². The molecule has 0 aliphatic carbocycles. The number of carbonyl (C=O) groups is 1. The maximum atomic E-state index is 9.82. The van der Waals surface area contributed by atoms with Crippen LogP contribution in [0.5, 0.6) is 0 Å². The molecule has 0 bridgehead atoms. The Morgan fingerprint density at radius 3 is 1.40 bits per heavy atom. The highest BCUT2D eigenvalue weighted by Crippen LogP contribution is 1.69. The lowest BCUT2D eigenvalue weighted by Gasteiger charge is -1.89. The molecule has 0 unspecified atom stereocenters. The number of ether oxygens (including phenoxy) is 1. The van der Waals surface area contributed by atoms with E-state index in [0.717, 1.165) is 0 Å². The summed E-state index contributed by atoms with van der Waals surface area (Å²) in [6, 6.07) is 0. The van der Waals surface area contributed by atoms with Crippen molar-refractivity contribution in [3.63, 3.8) is 0 Å². The van der Waals surface area contributed by atoms with Crippen molar-refractivity contribution in [1.82, 2.24) is 0 Å². The van der Waals surface area contributed by atoms with Crippen molar-refractivity contribution < 1.29 is 24.9 Å².